The van der Waals surface area contributed by atoms with Crippen molar-refractivity contribution in [3.63, 3.8) is 0 Å². The summed E-state index contributed by atoms with van der Waals surface area (Å²) in [6.07, 6.45) is 1.53. The highest BCUT2D eigenvalue weighted by Gasteiger charge is 2.52. The molecule has 6 heteroatoms. The lowest BCUT2D eigenvalue weighted by atomic mass is 9.78. The second kappa shape index (κ2) is 4.51. The molecule has 0 bridgehead atoms. The Kier molecular flexibility index (Phi) is 3.29. The van der Waals surface area contributed by atoms with E-state index in [0.29, 0.717) is 11.4 Å². The summed E-state index contributed by atoms with van der Waals surface area (Å²) in [5.41, 5.74) is 0.417. The average Bonchev–Trinajstić information content (AvgIpc) is 2.57. The molecule has 19 heavy (non-hydrogen) atoms. The Labute approximate surface area is 114 Å². The van der Waals surface area contributed by atoms with Gasteiger partial charge in [0.05, 0.1) is 16.8 Å². The van der Waals surface area contributed by atoms with E-state index in [2.05, 4.69) is 16.4 Å². The normalized spacial score (nSPS) is 20.1. The van der Waals surface area contributed by atoms with Gasteiger partial charge in [-0.2, -0.15) is 5.26 Å². The second-order valence-electron chi connectivity index (χ2n) is 5.61. The van der Waals surface area contributed by atoms with Gasteiger partial charge in [-0.05, 0) is 33.8 Å². The molecule has 5 nitrogen and oxygen atoms in total. The third kappa shape index (κ3) is 2.31. The van der Waals surface area contributed by atoms with Gasteiger partial charge in [0.1, 0.15) is 11.9 Å². The Morgan fingerprint density at radius 1 is 1.26 bits per heavy atom. The van der Waals surface area contributed by atoms with Crippen LogP contribution in [0.5, 0.6) is 0 Å². The highest BCUT2D eigenvalue weighted by molar-refractivity contribution is 6.63. The van der Waals surface area contributed by atoms with Crippen LogP contribution >= 0.6 is 0 Å². The molecular formula is C13H18BN3O2. The van der Waals surface area contributed by atoms with E-state index in [1.54, 1.807) is 13.1 Å². The summed E-state index contributed by atoms with van der Waals surface area (Å²) in [4.78, 5) is 4.21. The minimum atomic E-state index is -0.520. The zero-order valence-electron chi connectivity index (χ0n) is 11.9. The van der Waals surface area contributed by atoms with Crippen LogP contribution in [0.2, 0.25) is 0 Å². The number of aromatic nitrogens is 1. The minimum absolute atomic E-state index is 0.411. The SMILES string of the molecule is CNc1ncc(C#N)cc1B1OC(C)(C)C(C)(C)O1. The van der Waals surface area contributed by atoms with Gasteiger partial charge in [-0.3, -0.25) is 0 Å². The van der Waals surface area contributed by atoms with Crippen molar-refractivity contribution < 1.29 is 9.31 Å². The number of nitrogens with one attached hydrogen (secondary N) is 1. The maximum absolute atomic E-state index is 8.98. The fourth-order valence-electron chi connectivity index (χ4n) is 1.90. The number of pyridine rings is 1. The van der Waals surface area contributed by atoms with Crippen LogP contribution in [0.25, 0.3) is 0 Å². The van der Waals surface area contributed by atoms with E-state index in [4.69, 9.17) is 14.6 Å². The zero-order chi connectivity index (χ0) is 14.3. The van der Waals surface area contributed by atoms with E-state index in [9.17, 15) is 0 Å². The molecule has 0 unspecified atom stereocenters. The summed E-state index contributed by atoms with van der Waals surface area (Å²) < 4.78 is 12.0. The molecule has 1 saturated heterocycles. The first-order valence-electron chi connectivity index (χ1n) is 6.24. The highest BCUT2D eigenvalue weighted by atomic mass is 16.7. The smallest absolute Gasteiger partial charge is 0.399 e. The number of nitriles is 1. The van der Waals surface area contributed by atoms with Gasteiger partial charge in [-0.1, -0.05) is 0 Å². The summed E-state index contributed by atoms with van der Waals surface area (Å²) in [6.45, 7) is 7.97. The molecule has 0 saturated carbocycles. The first-order chi connectivity index (χ1) is 8.80. The Morgan fingerprint density at radius 3 is 2.32 bits per heavy atom. The van der Waals surface area contributed by atoms with Gasteiger partial charge in [0, 0.05) is 18.7 Å². The lowest BCUT2D eigenvalue weighted by molar-refractivity contribution is 0.00578. The van der Waals surface area contributed by atoms with Crippen LogP contribution in [0, 0.1) is 11.3 Å². The summed E-state index contributed by atoms with van der Waals surface area (Å²) >= 11 is 0. The molecule has 1 aliphatic rings. The van der Waals surface area contributed by atoms with Crippen molar-refractivity contribution >= 4 is 18.4 Å². The number of anilines is 1. The van der Waals surface area contributed by atoms with Gasteiger partial charge in [0.25, 0.3) is 0 Å². The lowest BCUT2D eigenvalue weighted by Gasteiger charge is -2.32. The number of nitrogens with zero attached hydrogens (tertiary/aromatic N) is 2. The van der Waals surface area contributed by atoms with Crippen LogP contribution in [-0.4, -0.2) is 30.4 Å². The molecule has 1 fully saturated rings. The number of rotatable bonds is 2. The number of hydrogen-bond acceptors (Lipinski definition) is 5. The predicted molar refractivity (Wildman–Crippen MR) is 74.2 cm³/mol. The molecule has 0 radical (unpaired) electrons. The zero-order valence-corrected chi connectivity index (χ0v) is 11.9. The number of hydrogen-bond donors (Lipinski definition) is 1. The molecule has 1 N–H and O–H groups in total. The first-order valence-corrected chi connectivity index (χ1v) is 6.24. The van der Waals surface area contributed by atoms with Crippen molar-refractivity contribution in [1.82, 2.24) is 4.98 Å². The first kappa shape index (κ1) is 13.8. The fraction of sp³-hybridized carbons (Fsp3) is 0.538. The van der Waals surface area contributed by atoms with Gasteiger partial charge in [-0.15, -0.1) is 0 Å². The van der Waals surface area contributed by atoms with Crippen LogP contribution in [0.3, 0.4) is 0 Å². The summed E-state index contributed by atoms with van der Waals surface area (Å²) in [6, 6.07) is 3.83. The van der Waals surface area contributed by atoms with Crippen LogP contribution in [0.1, 0.15) is 33.3 Å². The molecule has 0 aromatic carbocycles. The van der Waals surface area contributed by atoms with E-state index < -0.39 is 18.3 Å². The van der Waals surface area contributed by atoms with Crippen molar-refractivity contribution in [3.8, 4) is 6.07 Å². The Balaban J connectivity index is 2.41. The van der Waals surface area contributed by atoms with E-state index in [-0.39, 0.29) is 0 Å². The molecule has 1 aromatic heterocycles. The molecule has 0 atom stereocenters. The quantitative estimate of drug-likeness (QED) is 0.810. The Hall–Kier alpha value is -1.58. The Bertz CT molecular complexity index is 521. The van der Waals surface area contributed by atoms with Crippen molar-refractivity contribution in [2.24, 2.45) is 0 Å². The minimum Gasteiger partial charge on any atom is -0.399 e. The van der Waals surface area contributed by atoms with Gasteiger partial charge in [-0.25, -0.2) is 4.98 Å². The van der Waals surface area contributed by atoms with Crippen LogP contribution < -0.4 is 10.8 Å². The summed E-state index contributed by atoms with van der Waals surface area (Å²) in [5, 5.41) is 12.0. The van der Waals surface area contributed by atoms with E-state index in [1.165, 1.54) is 6.20 Å². The van der Waals surface area contributed by atoms with Crippen molar-refractivity contribution in [3.05, 3.63) is 17.8 Å². The topological polar surface area (TPSA) is 67.2 Å². The molecule has 1 aliphatic heterocycles. The molecule has 1 aromatic rings. The van der Waals surface area contributed by atoms with Gasteiger partial charge >= 0.3 is 7.12 Å². The fourth-order valence-corrected chi connectivity index (χ4v) is 1.90. The van der Waals surface area contributed by atoms with E-state index in [1.807, 2.05) is 27.7 Å². The molecule has 2 rings (SSSR count). The standard InChI is InChI=1S/C13H18BN3O2/c1-12(2)13(3,4)19-14(18-12)10-6-9(7-15)8-17-11(10)16-5/h6,8H,1-5H3,(H,16,17). The van der Waals surface area contributed by atoms with Gasteiger partial charge in [0.15, 0.2) is 0 Å². The molecule has 0 aliphatic carbocycles. The monoisotopic (exact) mass is 259 g/mol. The molecular weight excluding hydrogens is 241 g/mol. The van der Waals surface area contributed by atoms with Crippen LogP contribution in [-0.2, 0) is 9.31 Å². The Morgan fingerprint density at radius 2 is 1.84 bits per heavy atom. The second-order valence-corrected chi connectivity index (χ2v) is 5.61. The third-order valence-electron chi connectivity index (χ3n) is 3.79. The van der Waals surface area contributed by atoms with Crippen molar-refractivity contribution in [2.75, 3.05) is 12.4 Å². The summed E-state index contributed by atoms with van der Waals surface area (Å²) in [7, 11) is 1.26. The summed E-state index contributed by atoms with van der Waals surface area (Å²) in [5.74, 6) is 0.664. The lowest BCUT2D eigenvalue weighted by Crippen LogP contribution is -2.41. The molecule has 0 spiro atoms. The largest absolute Gasteiger partial charge is 0.498 e. The van der Waals surface area contributed by atoms with Crippen molar-refractivity contribution in [1.29, 1.82) is 5.26 Å². The predicted octanol–water partition coefficient (Wildman–Crippen LogP) is 1.29. The van der Waals surface area contributed by atoms with Gasteiger partial charge < -0.3 is 14.6 Å². The van der Waals surface area contributed by atoms with Gasteiger partial charge in [0.2, 0.25) is 0 Å². The maximum Gasteiger partial charge on any atom is 0.498 e. The molecule has 100 valence electrons. The molecule has 2 heterocycles. The van der Waals surface area contributed by atoms with E-state index in [0.717, 1.165) is 5.46 Å². The van der Waals surface area contributed by atoms with Crippen molar-refractivity contribution in [2.45, 2.75) is 38.9 Å². The molecule has 0 amide bonds. The third-order valence-corrected chi connectivity index (χ3v) is 3.79. The maximum atomic E-state index is 8.98. The van der Waals surface area contributed by atoms with E-state index >= 15 is 0 Å². The van der Waals surface area contributed by atoms with Crippen LogP contribution in [0.15, 0.2) is 12.3 Å². The average molecular weight is 259 g/mol. The van der Waals surface area contributed by atoms with Crippen LogP contribution in [0.4, 0.5) is 5.82 Å². The highest BCUT2D eigenvalue weighted by Crippen LogP contribution is 2.36.